The van der Waals surface area contributed by atoms with Gasteiger partial charge in [-0.3, -0.25) is 15.0 Å². The van der Waals surface area contributed by atoms with Crippen molar-refractivity contribution >= 4 is 15.7 Å². The molecule has 3 heterocycles. The summed E-state index contributed by atoms with van der Waals surface area (Å²) in [6.07, 6.45) is 7.56. The zero-order valence-corrected chi connectivity index (χ0v) is 19.7. The Balaban J connectivity index is 1.58. The number of nitrogens with zero attached hydrogens (tertiary/aromatic N) is 5. The van der Waals surface area contributed by atoms with Crippen LogP contribution in [0.3, 0.4) is 0 Å². The number of hydrogen-bond donors (Lipinski definition) is 0. The molecule has 0 bridgehead atoms. The fourth-order valence-electron chi connectivity index (χ4n) is 4.12. The van der Waals surface area contributed by atoms with E-state index in [1.165, 1.54) is 22.7 Å². The minimum atomic E-state index is -3.19. The molecular formula is C24H28FN5O2S. The van der Waals surface area contributed by atoms with Crippen molar-refractivity contribution < 1.29 is 12.8 Å². The van der Waals surface area contributed by atoms with Crippen molar-refractivity contribution in [2.24, 2.45) is 0 Å². The first-order chi connectivity index (χ1) is 15.8. The molecule has 1 saturated heterocycles. The van der Waals surface area contributed by atoms with Crippen molar-refractivity contribution in [1.82, 2.24) is 19.3 Å². The Morgan fingerprint density at radius 3 is 2.33 bits per heavy atom. The summed E-state index contributed by atoms with van der Waals surface area (Å²) >= 11 is 0. The Kier molecular flexibility index (Phi) is 6.99. The van der Waals surface area contributed by atoms with Crippen LogP contribution in [-0.2, 0) is 22.9 Å². The Labute approximate surface area is 194 Å². The lowest BCUT2D eigenvalue weighted by Gasteiger charge is -2.35. The molecule has 0 saturated carbocycles. The van der Waals surface area contributed by atoms with E-state index >= 15 is 0 Å². The highest BCUT2D eigenvalue weighted by Gasteiger charge is 2.24. The summed E-state index contributed by atoms with van der Waals surface area (Å²) in [7, 11) is -3.19. The molecule has 0 aliphatic carbocycles. The molecule has 7 nitrogen and oxygen atoms in total. The summed E-state index contributed by atoms with van der Waals surface area (Å²) < 4.78 is 38.6. The van der Waals surface area contributed by atoms with Crippen LogP contribution in [0.4, 0.5) is 10.1 Å². The van der Waals surface area contributed by atoms with Crippen molar-refractivity contribution in [3.05, 3.63) is 83.5 Å². The zero-order chi connectivity index (χ0) is 23.4. The average Bonchev–Trinajstić information content (AvgIpc) is 2.79. The summed E-state index contributed by atoms with van der Waals surface area (Å²) in [5.41, 5.74) is 4.74. The third-order valence-electron chi connectivity index (χ3n) is 5.92. The van der Waals surface area contributed by atoms with E-state index in [4.69, 9.17) is 4.98 Å². The highest BCUT2D eigenvalue weighted by Crippen LogP contribution is 2.25. The highest BCUT2D eigenvalue weighted by molar-refractivity contribution is 7.88. The average molecular weight is 470 g/mol. The molecule has 0 unspecified atom stereocenters. The van der Waals surface area contributed by atoms with Crippen molar-refractivity contribution in [3.8, 4) is 0 Å². The number of aromatic nitrogens is 3. The predicted molar refractivity (Wildman–Crippen MR) is 126 cm³/mol. The number of anilines is 1. The van der Waals surface area contributed by atoms with E-state index in [2.05, 4.69) is 33.9 Å². The lowest BCUT2D eigenvalue weighted by atomic mass is 9.95. The fourth-order valence-corrected chi connectivity index (χ4v) is 4.94. The molecular weight excluding hydrogens is 441 g/mol. The van der Waals surface area contributed by atoms with Gasteiger partial charge in [-0.25, -0.2) is 12.8 Å². The van der Waals surface area contributed by atoms with Gasteiger partial charge < -0.3 is 4.90 Å². The largest absolute Gasteiger partial charge is 0.369 e. The SMILES string of the molecule is C[C@H](Cc1cc(N2CCN(S(C)(=O)=O)CC2)cc(Cc2cnccn2)n1)c1ccc(F)cc1. The standard InChI is InChI=1S/C24H28FN5O2S/c1-18(19-3-5-20(25)6-4-19)13-21-15-24(29-9-11-30(12-10-29)33(2,31)32)16-22(28-21)14-23-17-26-7-8-27-23/h3-8,15-18H,9-14H2,1-2H3/t18-/m1/s1. The predicted octanol–water partition coefficient (Wildman–Crippen LogP) is 3.03. The van der Waals surface area contributed by atoms with E-state index in [-0.39, 0.29) is 11.7 Å². The van der Waals surface area contributed by atoms with Gasteiger partial charge >= 0.3 is 0 Å². The molecule has 1 fully saturated rings. The molecule has 174 valence electrons. The molecule has 2 aromatic heterocycles. The molecule has 1 atom stereocenters. The Hall–Kier alpha value is -2.91. The van der Waals surface area contributed by atoms with Gasteiger partial charge in [0.2, 0.25) is 10.0 Å². The molecule has 4 rings (SSSR count). The van der Waals surface area contributed by atoms with E-state index < -0.39 is 10.0 Å². The van der Waals surface area contributed by atoms with E-state index in [0.717, 1.165) is 28.3 Å². The lowest BCUT2D eigenvalue weighted by Crippen LogP contribution is -2.48. The second-order valence-electron chi connectivity index (χ2n) is 8.49. The molecule has 33 heavy (non-hydrogen) atoms. The molecule has 1 aliphatic heterocycles. The Bertz CT molecular complexity index is 1180. The van der Waals surface area contributed by atoms with Crippen LogP contribution in [0.1, 0.15) is 35.5 Å². The zero-order valence-electron chi connectivity index (χ0n) is 18.9. The van der Waals surface area contributed by atoms with Crippen LogP contribution in [0.5, 0.6) is 0 Å². The highest BCUT2D eigenvalue weighted by atomic mass is 32.2. The second-order valence-corrected chi connectivity index (χ2v) is 10.5. The fraction of sp³-hybridized carbons (Fsp3) is 0.375. The summed E-state index contributed by atoms with van der Waals surface area (Å²) in [6.45, 7) is 4.27. The maximum Gasteiger partial charge on any atom is 0.211 e. The molecule has 1 aromatic carbocycles. The van der Waals surface area contributed by atoms with Crippen LogP contribution in [-0.4, -0.2) is 60.1 Å². The van der Waals surface area contributed by atoms with Crippen molar-refractivity contribution in [2.75, 3.05) is 37.3 Å². The van der Waals surface area contributed by atoms with E-state index in [9.17, 15) is 12.8 Å². The van der Waals surface area contributed by atoms with Crippen molar-refractivity contribution in [3.63, 3.8) is 0 Å². The van der Waals surface area contributed by atoms with Gasteiger partial charge in [-0.05, 0) is 42.2 Å². The Morgan fingerprint density at radius 2 is 1.70 bits per heavy atom. The summed E-state index contributed by atoms with van der Waals surface area (Å²) in [5.74, 6) is -0.0784. The number of halogens is 1. The van der Waals surface area contributed by atoms with Crippen molar-refractivity contribution in [1.29, 1.82) is 0 Å². The monoisotopic (exact) mass is 469 g/mol. The number of benzene rings is 1. The van der Waals surface area contributed by atoms with E-state index in [1.54, 1.807) is 18.6 Å². The van der Waals surface area contributed by atoms with Crippen LogP contribution >= 0.6 is 0 Å². The molecule has 9 heteroatoms. The number of sulfonamides is 1. The van der Waals surface area contributed by atoms with Gasteiger partial charge in [-0.1, -0.05) is 19.1 Å². The van der Waals surface area contributed by atoms with E-state index in [1.807, 2.05) is 12.1 Å². The normalized spacial score (nSPS) is 16.0. The van der Waals surface area contributed by atoms with Crippen molar-refractivity contribution in [2.45, 2.75) is 25.7 Å². The summed E-state index contributed by atoms with van der Waals surface area (Å²) in [5, 5.41) is 0. The van der Waals surface area contributed by atoms with Crippen LogP contribution in [0.15, 0.2) is 55.0 Å². The minimum Gasteiger partial charge on any atom is -0.369 e. The maximum atomic E-state index is 13.3. The van der Waals surface area contributed by atoms with Crippen LogP contribution in [0.25, 0.3) is 0 Å². The van der Waals surface area contributed by atoms with Gasteiger partial charge in [-0.15, -0.1) is 0 Å². The van der Waals surface area contributed by atoms with Gasteiger partial charge in [0.15, 0.2) is 0 Å². The lowest BCUT2D eigenvalue weighted by molar-refractivity contribution is 0.388. The summed E-state index contributed by atoms with van der Waals surface area (Å²) in [4.78, 5) is 15.6. The van der Waals surface area contributed by atoms with E-state index in [0.29, 0.717) is 39.0 Å². The van der Waals surface area contributed by atoms with Crippen LogP contribution in [0.2, 0.25) is 0 Å². The Morgan fingerprint density at radius 1 is 1.00 bits per heavy atom. The first kappa shape index (κ1) is 23.3. The molecule has 0 N–H and O–H groups in total. The van der Waals surface area contributed by atoms with Crippen LogP contribution in [0, 0.1) is 5.82 Å². The van der Waals surface area contributed by atoms with Gasteiger partial charge in [0.25, 0.3) is 0 Å². The van der Waals surface area contributed by atoms with Gasteiger partial charge in [-0.2, -0.15) is 4.31 Å². The maximum absolute atomic E-state index is 13.3. The van der Waals surface area contributed by atoms with Gasteiger partial charge in [0.05, 0.1) is 11.9 Å². The molecule has 0 amide bonds. The first-order valence-electron chi connectivity index (χ1n) is 11.0. The smallest absolute Gasteiger partial charge is 0.211 e. The molecule has 3 aromatic rings. The third-order valence-corrected chi connectivity index (χ3v) is 7.23. The third kappa shape index (κ3) is 6.11. The minimum absolute atomic E-state index is 0.166. The van der Waals surface area contributed by atoms with Gasteiger partial charge in [0, 0.05) is 68.3 Å². The number of hydrogen-bond acceptors (Lipinski definition) is 6. The molecule has 0 radical (unpaired) electrons. The molecule has 1 aliphatic rings. The topological polar surface area (TPSA) is 79.3 Å². The second kappa shape index (κ2) is 9.93. The quantitative estimate of drug-likeness (QED) is 0.529. The summed E-state index contributed by atoms with van der Waals surface area (Å²) in [6, 6.07) is 10.7. The van der Waals surface area contributed by atoms with Crippen LogP contribution < -0.4 is 4.90 Å². The number of rotatable bonds is 7. The number of piperazine rings is 1. The first-order valence-corrected chi connectivity index (χ1v) is 12.8. The van der Waals surface area contributed by atoms with Gasteiger partial charge in [0.1, 0.15) is 5.82 Å². The molecule has 0 spiro atoms. The number of pyridine rings is 1.